The van der Waals surface area contributed by atoms with Gasteiger partial charge in [-0.3, -0.25) is 0 Å². The second kappa shape index (κ2) is 12.2. The van der Waals surface area contributed by atoms with E-state index in [0.29, 0.717) is 17.5 Å². The van der Waals surface area contributed by atoms with Crippen LogP contribution in [0, 0.1) is 0 Å². The van der Waals surface area contributed by atoms with Crippen LogP contribution in [0.2, 0.25) is 0 Å². The summed E-state index contributed by atoms with van der Waals surface area (Å²) in [6.45, 7) is 0. The molecule has 0 unspecified atom stereocenters. The fourth-order valence-electron chi connectivity index (χ4n) is 6.48. The van der Waals surface area contributed by atoms with Gasteiger partial charge in [0.15, 0.2) is 17.5 Å². The summed E-state index contributed by atoms with van der Waals surface area (Å²) in [5.74, 6) is 1.90. The minimum absolute atomic E-state index is 0.625. The third kappa shape index (κ3) is 5.45. The van der Waals surface area contributed by atoms with Gasteiger partial charge >= 0.3 is 0 Å². The van der Waals surface area contributed by atoms with E-state index in [0.717, 1.165) is 72.0 Å². The van der Waals surface area contributed by atoms with Gasteiger partial charge in [-0.2, -0.15) is 0 Å². The zero-order valence-electron chi connectivity index (χ0n) is 26.5. The van der Waals surface area contributed by atoms with Gasteiger partial charge in [-0.05, 0) is 52.1 Å². The molecule has 2 aromatic heterocycles. The minimum Gasteiger partial charge on any atom is -0.455 e. The third-order valence-corrected chi connectivity index (χ3v) is 8.93. The Morgan fingerprint density at radius 3 is 1.37 bits per heavy atom. The number of rotatable bonds is 6. The van der Waals surface area contributed by atoms with Crippen molar-refractivity contribution in [2.75, 3.05) is 0 Å². The zero-order chi connectivity index (χ0) is 32.6. The molecule has 0 saturated heterocycles. The molecule has 0 aliphatic rings. The Labute approximate surface area is 284 Å². The molecule has 0 amide bonds. The molecule has 0 spiro atoms. The Kier molecular flexibility index (Phi) is 7.10. The molecule has 0 fully saturated rings. The van der Waals surface area contributed by atoms with Crippen molar-refractivity contribution in [1.82, 2.24) is 15.0 Å². The van der Waals surface area contributed by atoms with E-state index in [1.54, 1.807) is 0 Å². The Morgan fingerprint density at radius 2 is 0.755 bits per heavy atom. The van der Waals surface area contributed by atoms with Gasteiger partial charge in [0.25, 0.3) is 0 Å². The molecule has 0 N–H and O–H groups in total. The minimum atomic E-state index is 0.625. The van der Waals surface area contributed by atoms with E-state index < -0.39 is 0 Å². The van der Waals surface area contributed by atoms with Gasteiger partial charge in [-0.1, -0.05) is 152 Å². The summed E-state index contributed by atoms with van der Waals surface area (Å²) in [7, 11) is 0. The highest BCUT2D eigenvalue weighted by Crippen LogP contribution is 2.38. The van der Waals surface area contributed by atoms with E-state index in [2.05, 4.69) is 97.1 Å². The van der Waals surface area contributed by atoms with Gasteiger partial charge < -0.3 is 4.42 Å². The second-order valence-corrected chi connectivity index (χ2v) is 12.1. The van der Waals surface area contributed by atoms with Crippen molar-refractivity contribution in [2.45, 2.75) is 0 Å². The maximum atomic E-state index is 6.35. The Bertz CT molecular complexity index is 2520. The molecular formula is C45H29N3O. The van der Waals surface area contributed by atoms with Crippen LogP contribution >= 0.6 is 0 Å². The van der Waals surface area contributed by atoms with Gasteiger partial charge in [0, 0.05) is 33.0 Å². The SMILES string of the molecule is c1ccc(-c2cc(-c3ccc(-c4cccc5c4oc4ccccc45)cc3)cc(-c3nc(-c4ccccc4)nc(-c4ccccc4)n3)c2)cc1. The molecule has 0 aliphatic carbocycles. The molecule has 9 aromatic rings. The lowest BCUT2D eigenvalue weighted by Crippen LogP contribution is -2.00. The largest absolute Gasteiger partial charge is 0.455 e. The van der Waals surface area contributed by atoms with E-state index in [1.165, 1.54) is 0 Å². The van der Waals surface area contributed by atoms with Crippen LogP contribution in [0.5, 0.6) is 0 Å². The molecule has 2 heterocycles. The molecule has 0 saturated carbocycles. The molecule has 49 heavy (non-hydrogen) atoms. The Morgan fingerprint density at radius 1 is 0.306 bits per heavy atom. The molecule has 0 bridgehead atoms. The maximum Gasteiger partial charge on any atom is 0.164 e. The topological polar surface area (TPSA) is 51.8 Å². The van der Waals surface area contributed by atoms with Gasteiger partial charge in [-0.25, -0.2) is 15.0 Å². The lowest BCUT2D eigenvalue weighted by Gasteiger charge is -2.13. The van der Waals surface area contributed by atoms with Crippen LogP contribution in [0.25, 0.3) is 89.5 Å². The summed E-state index contributed by atoms with van der Waals surface area (Å²) in [4.78, 5) is 15.0. The van der Waals surface area contributed by atoms with Crippen LogP contribution in [0.1, 0.15) is 0 Å². The predicted molar refractivity (Wildman–Crippen MR) is 200 cm³/mol. The van der Waals surface area contributed by atoms with Crippen molar-refractivity contribution < 1.29 is 4.42 Å². The molecule has 0 atom stereocenters. The standard InChI is InChI=1S/C45H29N3O/c1-4-13-30(14-5-1)35-27-36(31-23-25-32(26-24-31)38-20-12-21-40-39-19-10-11-22-41(39)49-42(38)40)29-37(28-35)45-47-43(33-15-6-2-7-16-33)46-44(48-45)34-17-8-3-9-18-34/h1-29H. The van der Waals surface area contributed by atoms with Crippen molar-refractivity contribution in [3.8, 4) is 67.5 Å². The number of para-hydroxylation sites is 2. The smallest absolute Gasteiger partial charge is 0.164 e. The van der Waals surface area contributed by atoms with E-state index >= 15 is 0 Å². The van der Waals surface area contributed by atoms with Gasteiger partial charge in [-0.15, -0.1) is 0 Å². The summed E-state index contributed by atoms with van der Waals surface area (Å²) in [5.41, 5.74) is 11.2. The van der Waals surface area contributed by atoms with Crippen LogP contribution in [0.3, 0.4) is 0 Å². The molecule has 4 heteroatoms. The molecule has 4 nitrogen and oxygen atoms in total. The summed E-state index contributed by atoms with van der Waals surface area (Å²) < 4.78 is 6.35. The van der Waals surface area contributed by atoms with Crippen LogP contribution in [-0.4, -0.2) is 15.0 Å². The first-order valence-corrected chi connectivity index (χ1v) is 16.4. The summed E-state index contributed by atoms with van der Waals surface area (Å²) in [6, 6.07) is 60.5. The number of aromatic nitrogens is 3. The Balaban J connectivity index is 1.18. The molecule has 230 valence electrons. The average molecular weight is 628 g/mol. The second-order valence-electron chi connectivity index (χ2n) is 12.1. The maximum absolute atomic E-state index is 6.35. The molecule has 0 aliphatic heterocycles. The molecule has 7 aromatic carbocycles. The van der Waals surface area contributed by atoms with Crippen LogP contribution in [-0.2, 0) is 0 Å². The van der Waals surface area contributed by atoms with Crippen molar-refractivity contribution in [3.05, 3.63) is 176 Å². The van der Waals surface area contributed by atoms with Gasteiger partial charge in [0.05, 0.1) is 0 Å². The number of hydrogen-bond donors (Lipinski definition) is 0. The summed E-state index contributed by atoms with van der Waals surface area (Å²) >= 11 is 0. The fourth-order valence-corrected chi connectivity index (χ4v) is 6.48. The fraction of sp³-hybridized carbons (Fsp3) is 0. The quantitative estimate of drug-likeness (QED) is 0.184. The molecular weight excluding hydrogens is 599 g/mol. The predicted octanol–water partition coefficient (Wildman–Crippen LogP) is 11.8. The molecule has 0 radical (unpaired) electrons. The van der Waals surface area contributed by atoms with Crippen LogP contribution < -0.4 is 0 Å². The average Bonchev–Trinajstić information content (AvgIpc) is 3.58. The lowest BCUT2D eigenvalue weighted by molar-refractivity contribution is 0.670. The van der Waals surface area contributed by atoms with Crippen molar-refractivity contribution in [3.63, 3.8) is 0 Å². The third-order valence-electron chi connectivity index (χ3n) is 8.93. The lowest BCUT2D eigenvalue weighted by atomic mass is 9.94. The van der Waals surface area contributed by atoms with Crippen molar-refractivity contribution in [1.29, 1.82) is 0 Å². The normalized spacial score (nSPS) is 11.3. The van der Waals surface area contributed by atoms with Crippen LogP contribution in [0.4, 0.5) is 0 Å². The first kappa shape index (κ1) is 28.6. The number of nitrogens with zero attached hydrogens (tertiary/aromatic N) is 3. The first-order valence-electron chi connectivity index (χ1n) is 16.4. The summed E-state index contributed by atoms with van der Waals surface area (Å²) in [6.07, 6.45) is 0. The molecule has 9 rings (SSSR count). The van der Waals surface area contributed by atoms with Gasteiger partial charge in [0.2, 0.25) is 0 Å². The highest BCUT2D eigenvalue weighted by Gasteiger charge is 2.16. The zero-order valence-corrected chi connectivity index (χ0v) is 26.5. The van der Waals surface area contributed by atoms with E-state index in [4.69, 9.17) is 19.4 Å². The van der Waals surface area contributed by atoms with E-state index in [1.807, 2.05) is 78.9 Å². The van der Waals surface area contributed by atoms with Crippen molar-refractivity contribution >= 4 is 21.9 Å². The van der Waals surface area contributed by atoms with Gasteiger partial charge in [0.1, 0.15) is 11.2 Å². The number of furan rings is 1. The van der Waals surface area contributed by atoms with E-state index in [9.17, 15) is 0 Å². The van der Waals surface area contributed by atoms with Crippen molar-refractivity contribution in [2.24, 2.45) is 0 Å². The van der Waals surface area contributed by atoms with Crippen LogP contribution in [0.15, 0.2) is 180 Å². The summed E-state index contributed by atoms with van der Waals surface area (Å²) in [5, 5.41) is 2.25. The van der Waals surface area contributed by atoms with E-state index in [-0.39, 0.29) is 0 Å². The number of benzene rings is 7. The number of fused-ring (bicyclic) bond motifs is 3. The highest BCUT2D eigenvalue weighted by molar-refractivity contribution is 6.09. The highest BCUT2D eigenvalue weighted by atomic mass is 16.3. The Hall–Kier alpha value is -6.65. The number of hydrogen-bond acceptors (Lipinski definition) is 4. The first-order chi connectivity index (χ1) is 24.3. The monoisotopic (exact) mass is 627 g/mol.